The molecule has 2 unspecified atom stereocenters. The normalized spacial score (nSPS) is 16.5. The van der Waals surface area contributed by atoms with Crippen molar-refractivity contribution in [3.63, 3.8) is 0 Å². The molecule has 2 aliphatic rings. The fourth-order valence-electron chi connectivity index (χ4n) is 5.39. The molecule has 2 aliphatic carbocycles. The largest absolute Gasteiger partial charge is 0.394 e. The molecule has 3 rings (SSSR count). The van der Waals surface area contributed by atoms with Crippen molar-refractivity contribution in [3.8, 4) is 0 Å². The summed E-state index contributed by atoms with van der Waals surface area (Å²) in [5.74, 6) is -0.715. The van der Waals surface area contributed by atoms with Crippen LogP contribution >= 0.6 is 0 Å². The number of nitrogens with one attached hydrogen (secondary N) is 2. The smallest absolute Gasteiger partial charge is 0.247 e. The van der Waals surface area contributed by atoms with E-state index in [1.807, 2.05) is 39.0 Å². The highest BCUT2D eigenvalue weighted by Crippen LogP contribution is 2.27. The summed E-state index contributed by atoms with van der Waals surface area (Å²) in [6.07, 6.45) is 9.77. The number of amides is 3. The molecule has 0 fully saturated rings. The van der Waals surface area contributed by atoms with E-state index in [0.29, 0.717) is 37.8 Å². The van der Waals surface area contributed by atoms with E-state index >= 15 is 0 Å². The van der Waals surface area contributed by atoms with E-state index in [1.165, 1.54) is 0 Å². The van der Waals surface area contributed by atoms with Gasteiger partial charge in [0.15, 0.2) is 0 Å². The summed E-state index contributed by atoms with van der Waals surface area (Å²) in [6.45, 7) is 5.95. The summed E-state index contributed by atoms with van der Waals surface area (Å²) in [7, 11) is 0. The van der Waals surface area contributed by atoms with Gasteiger partial charge in [-0.3, -0.25) is 24.6 Å². The van der Waals surface area contributed by atoms with E-state index in [-0.39, 0.29) is 42.5 Å². The van der Waals surface area contributed by atoms with Gasteiger partial charge in [-0.25, -0.2) is 5.48 Å². The Morgan fingerprint density at radius 3 is 2.62 bits per heavy atom. The van der Waals surface area contributed by atoms with Crippen molar-refractivity contribution >= 4 is 29.5 Å². The molecule has 0 saturated carbocycles. The Kier molecular flexibility index (Phi) is 11.2. The Hall–Kier alpha value is -3.34. The van der Waals surface area contributed by atoms with Crippen LogP contribution in [0, 0.1) is 11.3 Å². The zero-order chi connectivity index (χ0) is 29.3. The molecular weight excluding hydrogens is 512 g/mol. The topological polar surface area (TPSA) is 152 Å². The second kappa shape index (κ2) is 14.3. The second-order valence-corrected chi connectivity index (χ2v) is 11.6. The molecule has 0 spiro atoms. The molecule has 0 bridgehead atoms. The van der Waals surface area contributed by atoms with Gasteiger partial charge in [0.1, 0.15) is 0 Å². The minimum atomic E-state index is -1.07. The van der Waals surface area contributed by atoms with E-state index in [2.05, 4.69) is 16.4 Å². The fourth-order valence-corrected chi connectivity index (χ4v) is 5.39. The first-order valence-corrected chi connectivity index (χ1v) is 13.9. The lowest BCUT2D eigenvalue weighted by Gasteiger charge is -2.29. The van der Waals surface area contributed by atoms with Crippen LogP contribution in [-0.2, 0) is 14.4 Å². The molecule has 3 amide bonds. The lowest BCUT2D eigenvalue weighted by Crippen LogP contribution is -2.44. The minimum absolute atomic E-state index is 0.0173. The molecular formula is C30H42N4O6. The highest BCUT2D eigenvalue weighted by Gasteiger charge is 2.26. The summed E-state index contributed by atoms with van der Waals surface area (Å²) >= 11 is 0. The van der Waals surface area contributed by atoms with Crippen molar-refractivity contribution in [1.82, 2.24) is 20.7 Å². The second-order valence-electron chi connectivity index (χ2n) is 11.6. The monoisotopic (exact) mass is 554 g/mol. The molecule has 10 heteroatoms. The van der Waals surface area contributed by atoms with Gasteiger partial charge in [-0.1, -0.05) is 50.6 Å². The van der Waals surface area contributed by atoms with Crippen molar-refractivity contribution in [3.05, 3.63) is 52.2 Å². The molecule has 218 valence electrons. The van der Waals surface area contributed by atoms with Gasteiger partial charge >= 0.3 is 0 Å². The molecule has 0 saturated heterocycles. The number of carbonyl (C=O) groups excluding carboxylic acids is 3. The number of carbonyl (C=O) groups is 3. The Morgan fingerprint density at radius 2 is 1.95 bits per heavy atom. The zero-order valence-corrected chi connectivity index (χ0v) is 23.7. The van der Waals surface area contributed by atoms with Crippen LogP contribution in [0.25, 0.3) is 11.8 Å². The number of fused-ring (bicyclic) bond motifs is 1. The average Bonchev–Trinajstić information content (AvgIpc) is 2.94. The number of hydrogen-bond acceptors (Lipinski definition) is 7. The summed E-state index contributed by atoms with van der Waals surface area (Å²) in [5, 5.41) is 33.0. The van der Waals surface area contributed by atoms with Gasteiger partial charge in [-0.05, 0) is 54.7 Å². The summed E-state index contributed by atoms with van der Waals surface area (Å²) in [4.78, 5) is 43.7. The van der Waals surface area contributed by atoms with Crippen molar-refractivity contribution < 1.29 is 29.8 Å². The van der Waals surface area contributed by atoms with Crippen LogP contribution in [0.2, 0.25) is 0 Å². The van der Waals surface area contributed by atoms with Crippen LogP contribution in [0.4, 0.5) is 0 Å². The number of hydroxylamine groups is 1. The first-order valence-electron chi connectivity index (χ1n) is 13.9. The number of allylic oxidation sites excluding steroid dienone is 2. The van der Waals surface area contributed by atoms with Gasteiger partial charge in [0, 0.05) is 36.9 Å². The predicted molar refractivity (Wildman–Crippen MR) is 151 cm³/mol. The third kappa shape index (κ3) is 8.84. The Morgan fingerprint density at radius 1 is 1.18 bits per heavy atom. The summed E-state index contributed by atoms with van der Waals surface area (Å²) in [5.41, 5.74) is 3.70. The Labute approximate surface area is 235 Å². The number of aliphatic hydroxyl groups excluding tert-OH is 2. The Bertz CT molecular complexity index is 1270. The number of nitrogens with zero attached hydrogens (tertiary/aromatic N) is 2. The van der Waals surface area contributed by atoms with E-state index in [9.17, 15) is 24.6 Å². The first kappa shape index (κ1) is 31.2. The molecule has 40 heavy (non-hydrogen) atoms. The van der Waals surface area contributed by atoms with Crippen LogP contribution in [0.3, 0.4) is 0 Å². The number of aliphatic hydroxyl groups is 2. The predicted octanol–water partition coefficient (Wildman–Crippen LogP) is 1.05. The van der Waals surface area contributed by atoms with Crippen LogP contribution in [0.5, 0.6) is 0 Å². The van der Waals surface area contributed by atoms with Crippen molar-refractivity contribution in [1.29, 1.82) is 0 Å². The number of rotatable bonds is 13. The van der Waals surface area contributed by atoms with E-state index < -0.39 is 18.6 Å². The quantitative estimate of drug-likeness (QED) is 0.181. The molecule has 1 aromatic rings. The van der Waals surface area contributed by atoms with Crippen molar-refractivity contribution in [2.24, 2.45) is 11.3 Å². The van der Waals surface area contributed by atoms with Gasteiger partial charge in [0.25, 0.3) is 0 Å². The number of pyridine rings is 1. The van der Waals surface area contributed by atoms with Crippen LogP contribution in [-0.4, -0.2) is 68.8 Å². The number of aromatic nitrogens is 1. The standard InChI is InChI=1S/C30H42N4O6/c1-20(14-26(37)33-40)16-30(2,3)19-32-29(39)23-11-9-21(10-12-23)15-27(38)34(17-24(36)18-35)25-8-4-6-22-7-5-13-31-28(22)25/h5-7,9,11,13,20,24,35-36,40H,4,8,10,12,14-19H2,1-3H3,(H,32,39)(H,33,37). The Balaban J connectivity index is 1.65. The van der Waals surface area contributed by atoms with E-state index in [1.54, 1.807) is 22.7 Å². The van der Waals surface area contributed by atoms with Gasteiger partial charge in [-0.15, -0.1) is 0 Å². The number of hydrogen-bond donors (Lipinski definition) is 5. The van der Waals surface area contributed by atoms with Gasteiger partial charge in [-0.2, -0.15) is 0 Å². The highest BCUT2D eigenvalue weighted by atomic mass is 16.5. The third-order valence-electron chi connectivity index (χ3n) is 7.28. The van der Waals surface area contributed by atoms with Gasteiger partial charge in [0.2, 0.25) is 17.7 Å². The molecule has 5 N–H and O–H groups in total. The maximum absolute atomic E-state index is 13.5. The van der Waals surface area contributed by atoms with E-state index in [0.717, 1.165) is 28.3 Å². The molecule has 0 aliphatic heterocycles. The summed E-state index contributed by atoms with van der Waals surface area (Å²) < 4.78 is 0. The van der Waals surface area contributed by atoms with Gasteiger partial charge < -0.3 is 20.4 Å². The first-order chi connectivity index (χ1) is 19.0. The zero-order valence-electron chi connectivity index (χ0n) is 23.7. The third-order valence-corrected chi connectivity index (χ3v) is 7.28. The summed E-state index contributed by atoms with van der Waals surface area (Å²) in [6, 6.07) is 3.80. The lowest BCUT2D eigenvalue weighted by atomic mass is 9.82. The molecule has 1 aromatic heterocycles. The molecule has 1 heterocycles. The lowest BCUT2D eigenvalue weighted by molar-refractivity contribution is -0.130. The van der Waals surface area contributed by atoms with Gasteiger partial charge in [0.05, 0.1) is 24.6 Å². The van der Waals surface area contributed by atoms with Crippen LogP contribution in [0.1, 0.15) is 65.7 Å². The molecule has 0 radical (unpaired) electrons. The molecule has 2 atom stereocenters. The SMILES string of the molecule is CC(CC(=O)NO)CC(C)(C)CNC(=O)C1=CC=C(CC(=O)N(CC(O)CO)C2=c3ncccc3=CCC2)CC1. The molecule has 0 aromatic carbocycles. The fraction of sp³-hybridized carbons (Fsp3) is 0.533. The van der Waals surface area contributed by atoms with Crippen molar-refractivity contribution in [2.45, 2.75) is 71.8 Å². The van der Waals surface area contributed by atoms with Crippen LogP contribution < -0.4 is 21.4 Å². The van der Waals surface area contributed by atoms with E-state index in [4.69, 9.17) is 5.21 Å². The van der Waals surface area contributed by atoms with Crippen molar-refractivity contribution in [2.75, 3.05) is 19.7 Å². The van der Waals surface area contributed by atoms with Crippen LogP contribution in [0.15, 0.2) is 41.6 Å². The highest BCUT2D eigenvalue weighted by molar-refractivity contribution is 5.94. The minimum Gasteiger partial charge on any atom is -0.394 e. The average molecular weight is 555 g/mol. The molecule has 10 nitrogen and oxygen atoms in total. The maximum atomic E-state index is 13.5. The maximum Gasteiger partial charge on any atom is 0.247 e.